The Morgan fingerprint density at radius 3 is 0.874 bits per heavy atom. The topological polar surface area (TPSA) is 237 Å². The molecule has 0 aromatic carbocycles. The molecule has 0 bridgehead atoms. The maximum absolute atomic E-state index is 13.0. The van der Waals surface area contributed by atoms with Gasteiger partial charge in [-0.05, 0) is 43.4 Å². The minimum Gasteiger partial charge on any atom is -0.462 e. The van der Waals surface area contributed by atoms with Crippen molar-refractivity contribution in [2.45, 2.75) is 356 Å². The maximum atomic E-state index is 13.0. The third-order valence-corrected chi connectivity index (χ3v) is 17.9. The van der Waals surface area contributed by atoms with Gasteiger partial charge in [-0.3, -0.25) is 37.3 Å². The minimum atomic E-state index is -4.95. The molecule has 0 heterocycles. The fraction of sp³-hybridized carbons (Fsp3) is 0.941. The summed E-state index contributed by atoms with van der Waals surface area (Å²) < 4.78 is 68.0. The summed E-state index contributed by atoms with van der Waals surface area (Å²) in [5.74, 6) is 0.145. The highest BCUT2D eigenvalue weighted by atomic mass is 31.2. The molecular weight excluding hydrogens is 1150 g/mol. The van der Waals surface area contributed by atoms with Crippen molar-refractivity contribution in [1.29, 1.82) is 0 Å². The van der Waals surface area contributed by atoms with E-state index in [1.165, 1.54) is 141 Å². The van der Waals surface area contributed by atoms with Crippen LogP contribution in [0, 0.1) is 17.8 Å². The Bertz CT molecular complexity index is 1720. The lowest BCUT2D eigenvalue weighted by molar-refractivity contribution is -0.161. The molecule has 0 aliphatic heterocycles. The van der Waals surface area contributed by atoms with Crippen molar-refractivity contribution >= 4 is 39.5 Å². The van der Waals surface area contributed by atoms with E-state index in [0.29, 0.717) is 25.7 Å². The first-order valence-electron chi connectivity index (χ1n) is 35.4. The summed E-state index contributed by atoms with van der Waals surface area (Å²) in [6.07, 6.45) is 42.2. The average molecular weight is 1280 g/mol. The SMILES string of the molecule is CCCCCCCC(=O)OC[C@H](COP(=O)(O)OC[C@H](O)COP(=O)(O)OC[C@@H](COC(=O)CCCCCCCCCCCCC(C)C)OC(=O)CCCCCCCCCCCCCCCCCCC(C)C)OC(=O)CCCCCCCCC(C)CC. The molecule has 0 fully saturated rings. The molecule has 19 heteroatoms. The van der Waals surface area contributed by atoms with Crippen LogP contribution in [0.2, 0.25) is 0 Å². The second-order valence-electron chi connectivity index (χ2n) is 25.8. The summed E-state index contributed by atoms with van der Waals surface area (Å²) in [5.41, 5.74) is 0. The van der Waals surface area contributed by atoms with Gasteiger partial charge in [0.1, 0.15) is 19.3 Å². The third kappa shape index (κ3) is 61.3. The number of aliphatic hydroxyl groups is 1. The molecule has 0 rings (SSSR count). The minimum absolute atomic E-state index is 0.102. The highest BCUT2D eigenvalue weighted by molar-refractivity contribution is 7.47. The molecule has 0 aromatic rings. The molecule has 0 spiro atoms. The van der Waals surface area contributed by atoms with E-state index >= 15 is 0 Å². The van der Waals surface area contributed by atoms with Crippen molar-refractivity contribution in [2.75, 3.05) is 39.6 Å². The van der Waals surface area contributed by atoms with Crippen molar-refractivity contribution in [1.82, 2.24) is 0 Å². The number of ether oxygens (including phenoxy) is 4. The Morgan fingerprint density at radius 2 is 0.586 bits per heavy atom. The Hall–Kier alpha value is -1.94. The maximum Gasteiger partial charge on any atom is 0.472 e. The molecule has 3 N–H and O–H groups in total. The van der Waals surface area contributed by atoms with E-state index in [0.717, 1.165) is 114 Å². The molecule has 0 saturated heterocycles. The summed E-state index contributed by atoms with van der Waals surface area (Å²) in [5, 5.41) is 10.5. The van der Waals surface area contributed by atoms with E-state index in [1.54, 1.807) is 0 Å². The quantitative estimate of drug-likeness (QED) is 0.0222. The van der Waals surface area contributed by atoms with E-state index in [4.69, 9.17) is 37.0 Å². The van der Waals surface area contributed by atoms with Crippen LogP contribution in [0.3, 0.4) is 0 Å². The van der Waals surface area contributed by atoms with Crippen LogP contribution in [0.1, 0.15) is 337 Å². The molecule has 516 valence electrons. The third-order valence-electron chi connectivity index (χ3n) is 16.0. The summed E-state index contributed by atoms with van der Waals surface area (Å²) in [6, 6.07) is 0. The fourth-order valence-electron chi connectivity index (χ4n) is 10.2. The smallest absolute Gasteiger partial charge is 0.462 e. The number of unbranched alkanes of at least 4 members (excludes halogenated alkanes) is 33. The first kappa shape index (κ1) is 85.1. The summed E-state index contributed by atoms with van der Waals surface area (Å²) in [7, 11) is -9.89. The summed E-state index contributed by atoms with van der Waals surface area (Å²) >= 11 is 0. The Labute approximate surface area is 530 Å². The second-order valence-corrected chi connectivity index (χ2v) is 28.7. The van der Waals surface area contributed by atoms with Gasteiger partial charge in [-0.2, -0.15) is 0 Å². The van der Waals surface area contributed by atoms with Crippen LogP contribution in [0.25, 0.3) is 0 Å². The highest BCUT2D eigenvalue weighted by Crippen LogP contribution is 2.45. The molecular formula is C68H132O17P2. The Morgan fingerprint density at radius 1 is 0.333 bits per heavy atom. The van der Waals surface area contributed by atoms with Crippen LogP contribution >= 0.6 is 15.6 Å². The molecule has 17 nitrogen and oxygen atoms in total. The Kier molecular flexibility index (Phi) is 57.8. The molecule has 0 amide bonds. The first-order chi connectivity index (χ1) is 41.8. The predicted molar refractivity (Wildman–Crippen MR) is 349 cm³/mol. The van der Waals surface area contributed by atoms with Gasteiger partial charge in [-0.1, -0.05) is 286 Å². The van der Waals surface area contributed by atoms with E-state index < -0.39 is 97.5 Å². The second kappa shape index (κ2) is 59.1. The predicted octanol–water partition coefficient (Wildman–Crippen LogP) is 19.1. The average Bonchev–Trinajstić information content (AvgIpc) is 3.70. The zero-order valence-electron chi connectivity index (χ0n) is 56.5. The van der Waals surface area contributed by atoms with Crippen LogP contribution < -0.4 is 0 Å². The number of phosphoric ester groups is 2. The Balaban J connectivity index is 5.15. The van der Waals surface area contributed by atoms with Crippen LogP contribution in [-0.2, 0) is 65.4 Å². The zero-order chi connectivity index (χ0) is 64.5. The molecule has 0 saturated carbocycles. The van der Waals surface area contributed by atoms with Crippen LogP contribution in [-0.4, -0.2) is 96.7 Å². The van der Waals surface area contributed by atoms with Crippen LogP contribution in [0.4, 0.5) is 0 Å². The van der Waals surface area contributed by atoms with E-state index in [1.807, 2.05) is 0 Å². The van der Waals surface area contributed by atoms with Crippen molar-refractivity contribution in [2.24, 2.45) is 17.8 Å². The standard InChI is InChI=1S/C68H132O17P2/c1-8-10-11-32-42-49-65(70)78-55-63(85-68(73)52-45-38-31-30-35-41-48-61(7)9-2)57-82-86(74,75)80-53-62(69)54-81-87(76,77)83-58-64(56-79-66(71)50-43-36-28-24-21-20-23-27-34-40-47-60(5)6)84-67(72)51-44-37-29-25-19-17-15-13-12-14-16-18-22-26-33-39-46-59(3)4/h59-64,69H,8-58H2,1-7H3,(H,74,75)(H,76,77)/t61?,62-,63+,64+/m0/s1. The van der Waals surface area contributed by atoms with Gasteiger partial charge in [0.05, 0.1) is 26.4 Å². The number of rotatable bonds is 66. The van der Waals surface area contributed by atoms with E-state index in [2.05, 4.69) is 48.5 Å². The lowest BCUT2D eigenvalue weighted by atomic mass is 10.00. The highest BCUT2D eigenvalue weighted by Gasteiger charge is 2.30. The largest absolute Gasteiger partial charge is 0.472 e. The van der Waals surface area contributed by atoms with Crippen molar-refractivity contribution < 1.29 is 80.2 Å². The van der Waals surface area contributed by atoms with E-state index in [9.17, 15) is 43.2 Å². The lowest BCUT2D eigenvalue weighted by Crippen LogP contribution is -2.30. The van der Waals surface area contributed by atoms with Gasteiger partial charge < -0.3 is 33.8 Å². The molecule has 0 aliphatic rings. The molecule has 0 aliphatic carbocycles. The van der Waals surface area contributed by atoms with Gasteiger partial charge in [-0.25, -0.2) is 9.13 Å². The van der Waals surface area contributed by atoms with Gasteiger partial charge in [-0.15, -0.1) is 0 Å². The zero-order valence-corrected chi connectivity index (χ0v) is 58.3. The number of esters is 4. The van der Waals surface area contributed by atoms with Crippen molar-refractivity contribution in [3.8, 4) is 0 Å². The van der Waals surface area contributed by atoms with Gasteiger partial charge in [0.25, 0.3) is 0 Å². The molecule has 0 radical (unpaired) electrons. The first-order valence-corrected chi connectivity index (χ1v) is 38.4. The van der Waals surface area contributed by atoms with Crippen LogP contribution in [0.15, 0.2) is 0 Å². The number of carbonyl (C=O) groups is 4. The lowest BCUT2D eigenvalue weighted by Gasteiger charge is -2.21. The van der Waals surface area contributed by atoms with Gasteiger partial charge in [0, 0.05) is 25.7 Å². The molecule has 6 atom stereocenters. The number of hydrogen-bond acceptors (Lipinski definition) is 15. The summed E-state index contributed by atoms with van der Waals surface area (Å²) in [4.78, 5) is 72.1. The molecule has 87 heavy (non-hydrogen) atoms. The van der Waals surface area contributed by atoms with E-state index in [-0.39, 0.29) is 25.7 Å². The molecule has 0 aromatic heterocycles. The van der Waals surface area contributed by atoms with Crippen molar-refractivity contribution in [3.05, 3.63) is 0 Å². The van der Waals surface area contributed by atoms with Crippen molar-refractivity contribution in [3.63, 3.8) is 0 Å². The normalized spacial score (nSPS) is 14.6. The number of aliphatic hydroxyl groups excluding tert-OH is 1. The van der Waals surface area contributed by atoms with Gasteiger partial charge in [0.15, 0.2) is 12.2 Å². The number of hydrogen-bond donors (Lipinski definition) is 3. The van der Waals surface area contributed by atoms with Gasteiger partial charge in [0.2, 0.25) is 0 Å². The number of carbonyl (C=O) groups excluding carboxylic acids is 4. The number of phosphoric acid groups is 2. The van der Waals surface area contributed by atoms with Gasteiger partial charge >= 0.3 is 39.5 Å². The van der Waals surface area contributed by atoms with Crippen LogP contribution in [0.5, 0.6) is 0 Å². The monoisotopic (exact) mass is 1280 g/mol. The summed E-state index contributed by atoms with van der Waals surface area (Å²) in [6.45, 7) is 11.7. The molecule has 3 unspecified atom stereocenters. The fourth-order valence-corrected chi connectivity index (χ4v) is 11.7.